The van der Waals surface area contributed by atoms with Crippen molar-refractivity contribution in [2.75, 3.05) is 6.54 Å². The van der Waals surface area contributed by atoms with Crippen molar-refractivity contribution in [1.29, 1.82) is 0 Å². The van der Waals surface area contributed by atoms with Gasteiger partial charge in [0.25, 0.3) is 5.91 Å². The zero-order valence-electron chi connectivity index (χ0n) is 19.5. The summed E-state index contributed by atoms with van der Waals surface area (Å²) >= 11 is 0. The molecule has 8 nitrogen and oxygen atoms in total. The second-order valence-electron chi connectivity index (χ2n) is 8.75. The Morgan fingerprint density at radius 1 is 1.11 bits per heavy atom. The summed E-state index contributed by atoms with van der Waals surface area (Å²) in [5.74, 6) is -2.79. The molecule has 0 bridgehead atoms. The van der Waals surface area contributed by atoms with Gasteiger partial charge in [-0.3, -0.25) is 4.79 Å². The number of carbonyl (C=O) groups excluding carboxylic acids is 1. The maximum atomic E-state index is 11.6. The Morgan fingerprint density at radius 2 is 1.75 bits per heavy atom. The van der Waals surface area contributed by atoms with Gasteiger partial charge in [-0.15, -0.1) is 0 Å². The summed E-state index contributed by atoms with van der Waals surface area (Å²) in [6.07, 6.45) is 2.64. The van der Waals surface area contributed by atoms with Gasteiger partial charge in [0.15, 0.2) is 0 Å². The van der Waals surface area contributed by atoms with E-state index >= 15 is 0 Å². The molecule has 1 saturated carbocycles. The fourth-order valence-corrected chi connectivity index (χ4v) is 4.19. The molecule has 0 aliphatic heterocycles. The van der Waals surface area contributed by atoms with Gasteiger partial charge in [-0.1, -0.05) is 43.5 Å². The average molecular weight is 507 g/mol. The molecule has 1 aromatic heterocycles. The number of aliphatic hydroxyl groups excluding tert-OH is 1. The van der Waals surface area contributed by atoms with Crippen LogP contribution in [0.4, 0.5) is 13.2 Å². The molecule has 0 saturated heterocycles. The molecule has 11 heteroatoms. The number of amides is 1. The van der Waals surface area contributed by atoms with E-state index in [1.807, 2.05) is 30.5 Å². The van der Waals surface area contributed by atoms with E-state index < -0.39 is 18.1 Å². The van der Waals surface area contributed by atoms with Crippen molar-refractivity contribution in [3.63, 3.8) is 0 Å². The van der Waals surface area contributed by atoms with Crippen molar-refractivity contribution >= 4 is 22.8 Å². The quantitative estimate of drug-likeness (QED) is 0.386. The molecule has 1 unspecified atom stereocenters. The van der Waals surface area contributed by atoms with E-state index in [0.29, 0.717) is 23.5 Å². The number of aliphatic carboxylic acids is 1. The van der Waals surface area contributed by atoms with Gasteiger partial charge in [-0.25, -0.2) is 9.48 Å². The summed E-state index contributed by atoms with van der Waals surface area (Å²) in [5.41, 5.74) is 8.56. The van der Waals surface area contributed by atoms with Gasteiger partial charge in [0, 0.05) is 24.7 Å². The standard InChI is InChI=1S/C23H28N4O2.C2HF3O2/c24-23(29)20-8-4-7-18-15-27(26-22(18)20)19-11-9-16(10-12-19)13-25-14-21(28)17-5-2-1-3-6-17;3-2(4,5)1(6)7/h4,7-12,15,17,21,25,28H,1-3,5-6,13-14H2,(H2,24,29);(H,6,7). The number of carboxylic acid groups (broad SMARTS) is 1. The second-order valence-corrected chi connectivity index (χ2v) is 8.75. The number of carboxylic acids is 1. The van der Waals surface area contributed by atoms with Crippen LogP contribution in [0.15, 0.2) is 48.7 Å². The lowest BCUT2D eigenvalue weighted by Gasteiger charge is -2.26. The van der Waals surface area contributed by atoms with E-state index in [1.54, 1.807) is 10.7 Å². The average Bonchev–Trinajstić information content (AvgIpc) is 3.29. The summed E-state index contributed by atoms with van der Waals surface area (Å²) in [4.78, 5) is 20.5. The zero-order valence-corrected chi connectivity index (χ0v) is 19.5. The highest BCUT2D eigenvalue weighted by atomic mass is 19.4. The van der Waals surface area contributed by atoms with Gasteiger partial charge in [0.2, 0.25) is 0 Å². The van der Waals surface area contributed by atoms with Crippen LogP contribution >= 0.6 is 0 Å². The summed E-state index contributed by atoms with van der Waals surface area (Å²) in [6.45, 7) is 1.35. The molecule has 1 atom stereocenters. The van der Waals surface area contributed by atoms with Crippen LogP contribution in [0.3, 0.4) is 0 Å². The first-order chi connectivity index (χ1) is 17.1. The first kappa shape index (κ1) is 27.2. The number of aromatic nitrogens is 2. The Labute approximate surface area is 205 Å². The molecule has 0 spiro atoms. The molecule has 3 aromatic rings. The number of hydrogen-bond acceptors (Lipinski definition) is 5. The van der Waals surface area contributed by atoms with E-state index in [1.165, 1.54) is 19.3 Å². The zero-order chi connectivity index (χ0) is 26.3. The summed E-state index contributed by atoms with van der Waals surface area (Å²) < 4.78 is 33.5. The molecular formula is C25H29F3N4O4. The van der Waals surface area contributed by atoms with E-state index in [9.17, 15) is 23.1 Å². The highest BCUT2D eigenvalue weighted by molar-refractivity contribution is 6.04. The van der Waals surface area contributed by atoms with E-state index in [-0.39, 0.29) is 6.10 Å². The maximum absolute atomic E-state index is 11.6. The molecule has 1 aliphatic rings. The van der Waals surface area contributed by atoms with Crippen LogP contribution in [-0.2, 0) is 11.3 Å². The van der Waals surface area contributed by atoms with Gasteiger partial charge in [0.1, 0.15) is 5.52 Å². The molecule has 36 heavy (non-hydrogen) atoms. The Bertz CT molecular complexity index is 1170. The normalized spacial score (nSPS) is 15.2. The highest BCUT2D eigenvalue weighted by Gasteiger charge is 2.38. The number of hydrogen-bond donors (Lipinski definition) is 4. The Kier molecular flexibility index (Phi) is 9.05. The third-order valence-corrected chi connectivity index (χ3v) is 6.12. The van der Waals surface area contributed by atoms with Crippen LogP contribution in [0.5, 0.6) is 0 Å². The van der Waals surface area contributed by atoms with Crippen molar-refractivity contribution in [1.82, 2.24) is 15.1 Å². The van der Waals surface area contributed by atoms with Crippen LogP contribution in [0.25, 0.3) is 16.6 Å². The van der Waals surface area contributed by atoms with Gasteiger partial charge in [-0.05, 0) is 42.5 Å². The topological polar surface area (TPSA) is 130 Å². The Hall–Kier alpha value is -3.44. The Morgan fingerprint density at radius 3 is 2.33 bits per heavy atom. The van der Waals surface area contributed by atoms with Crippen LogP contribution in [0.2, 0.25) is 0 Å². The lowest BCUT2D eigenvalue weighted by Crippen LogP contribution is -2.33. The largest absolute Gasteiger partial charge is 0.490 e. The summed E-state index contributed by atoms with van der Waals surface area (Å²) in [5, 5.41) is 26.3. The number of primary amides is 1. The molecule has 4 rings (SSSR count). The van der Waals surface area contributed by atoms with Gasteiger partial charge in [-0.2, -0.15) is 18.3 Å². The number of aliphatic hydroxyl groups is 1. The predicted molar refractivity (Wildman–Crippen MR) is 128 cm³/mol. The van der Waals surface area contributed by atoms with Gasteiger partial charge in [0.05, 0.1) is 17.4 Å². The van der Waals surface area contributed by atoms with Crippen LogP contribution in [-0.4, -0.2) is 50.7 Å². The smallest absolute Gasteiger partial charge is 0.475 e. The second kappa shape index (κ2) is 12.0. The molecule has 1 heterocycles. The molecule has 2 aromatic carbocycles. The van der Waals surface area contributed by atoms with Gasteiger partial charge >= 0.3 is 12.1 Å². The molecule has 1 amide bonds. The molecular weight excluding hydrogens is 477 g/mol. The van der Waals surface area contributed by atoms with Crippen molar-refractivity contribution in [2.45, 2.75) is 50.9 Å². The first-order valence-electron chi connectivity index (χ1n) is 11.6. The van der Waals surface area contributed by atoms with E-state index in [2.05, 4.69) is 22.5 Å². The third-order valence-electron chi connectivity index (χ3n) is 6.12. The minimum absolute atomic E-state index is 0.259. The lowest BCUT2D eigenvalue weighted by atomic mass is 9.85. The molecule has 1 fully saturated rings. The highest BCUT2D eigenvalue weighted by Crippen LogP contribution is 2.26. The molecule has 1 aliphatic carbocycles. The minimum Gasteiger partial charge on any atom is -0.475 e. The number of nitrogens with one attached hydrogen (secondary N) is 1. The predicted octanol–water partition coefficient (Wildman–Crippen LogP) is 3.79. The first-order valence-corrected chi connectivity index (χ1v) is 11.6. The van der Waals surface area contributed by atoms with Crippen molar-refractivity contribution in [3.8, 4) is 5.69 Å². The number of fused-ring (bicyclic) bond motifs is 1. The SMILES string of the molecule is NC(=O)c1cccc2cn(-c3ccc(CNCC(O)C4CCCCC4)cc3)nc12.O=C(O)C(F)(F)F. The lowest BCUT2D eigenvalue weighted by molar-refractivity contribution is -0.192. The fraction of sp³-hybridized carbons (Fsp3) is 0.400. The van der Waals surface area contributed by atoms with Crippen LogP contribution in [0, 0.1) is 5.92 Å². The molecule has 0 radical (unpaired) electrons. The van der Waals surface area contributed by atoms with E-state index in [4.69, 9.17) is 15.6 Å². The number of benzene rings is 2. The molecule has 5 N–H and O–H groups in total. The number of rotatable bonds is 7. The van der Waals surface area contributed by atoms with Crippen molar-refractivity contribution in [2.24, 2.45) is 11.7 Å². The minimum atomic E-state index is -5.08. The monoisotopic (exact) mass is 506 g/mol. The maximum Gasteiger partial charge on any atom is 0.490 e. The van der Waals surface area contributed by atoms with Gasteiger partial charge < -0.3 is 21.3 Å². The number of carbonyl (C=O) groups is 2. The number of alkyl halides is 3. The number of nitrogens with zero attached hydrogens (tertiary/aromatic N) is 2. The van der Waals surface area contributed by atoms with Crippen molar-refractivity contribution < 1.29 is 33.0 Å². The summed E-state index contributed by atoms with van der Waals surface area (Å²) in [7, 11) is 0. The summed E-state index contributed by atoms with van der Waals surface area (Å²) in [6, 6.07) is 13.5. The van der Waals surface area contributed by atoms with Crippen LogP contribution in [0.1, 0.15) is 48.0 Å². The van der Waals surface area contributed by atoms with E-state index in [0.717, 1.165) is 36.0 Å². The third kappa shape index (κ3) is 7.28. The number of halogens is 3. The van der Waals surface area contributed by atoms with Crippen LogP contribution < -0.4 is 11.1 Å². The number of nitrogens with two attached hydrogens (primary N) is 1. The Balaban J connectivity index is 0.000000454. The molecule has 194 valence electrons. The van der Waals surface area contributed by atoms with Crippen molar-refractivity contribution in [3.05, 3.63) is 59.8 Å². The fourth-order valence-electron chi connectivity index (χ4n) is 4.19.